The van der Waals surface area contributed by atoms with Crippen LogP contribution in [0.4, 0.5) is 0 Å². The lowest BCUT2D eigenvalue weighted by Crippen LogP contribution is -2.26. The molecule has 1 aromatic heterocycles. The molecule has 0 radical (unpaired) electrons. The van der Waals surface area contributed by atoms with Crippen molar-refractivity contribution in [2.24, 2.45) is 0 Å². The Bertz CT molecular complexity index is 822. The van der Waals surface area contributed by atoms with Gasteiger partial charge in [0, 0.05) is 31.5 Å². The molecule has 0 aliphatic rings. The Morgan fingerprint density at radius 3 is 2.62 bits per heavy atom. The van der Waals surface area contributed by atoms with Crippen molar-refractivity contribution in [2.75, 3.05) is 27.8 Å². The number of hydrogen-bond donors (Lipinski definition) is 2. The molecule has 0 bridgehead atoms. The molecule has 1 aromatic carbocycles. The molecule has 0 spiro atoms. The van der Waals surface area contributed by atoms with Crippen LogP contribution in [0.15, 0.2) is 27.6 Å². The maximum absolute atomic E-state index is 12.4. The molecule has 144 valence electrons. The molecule has 0 fully saturated rings. The van der Waals surface area contributed by atoms with Crippen LogP contribution in [0.5, 0.6) is 11.5 Å². The Kier molecular flexibility index (Phi) is 6.95. The highest BCUT2D eigenvalue weighted by Gasteiger charge is 2.17. The van der Waals surface area contributed by atoms with Crippen LogP contribution in [0, 0.1) is 0 Å². The summed E-state index contributed by atoms with van der Waals surface area (Å²) >= 11 is 0. The lowest BCUT2D eigenvalue weighted by atomic mass is 10.2. The Morgan fingerprint density at radius 2 is 1.96 bits per heavy atom. The maximum Gasteiger partial charge on any atom is 0.240 e. The largest absolute Gasteiger partial charge is 0.493 e. The van der Waals surface area contributed by atoms with Crippen LogP contribution in [0.3, 0.4) is 0 Å². The molecule has 2 rings (SSSR count). The minimum Gasteiger partial charge on any atom is -0.493 e. The number of ether oxygens (including phenoxy) is 2. The highest BCUT2D eigenvalue weighted by Crippen LogP contribution is 2.29. The molecule has 1 heterocycles. The number of nitrogens with zero attached hydrogens (tertiary/aromatic N) is 2. The van der Waals surface area contributed by atoms with E-state index in [0.29, 0.717) is 36.1 Å². The lowest BCUT2D eigenvalue weighted by molar-refractivity contribution is 0.354. The first-order chi connectivity index (χ1) is 12.4. The molecule has 1 unspecified atom stereocenters. The smallest absolute Gasteiger partial charge is 0.240 e. The molecule has 9 nitrogen and oxygen atoms in total. The van der Waals surface area contributed by atoms with Crippen LogP contribution in [-0.2, 0) is 22.9 Å². The summed E-state index contributed by atoms with van der Waals surface area (Å²) in [7, 11) is 1.10. The summed E-state index contributed by atoms with van der Waals surface area (Å²) < 4.78 is 42.7. The Hall–Kier alpha value is -2.17. The van der Waals surface area contributed by atoms with Crippen molar-refractivity contribution in [3.8, 4) is 11.5 Å². The van der Waals surface area contributed by atoms with Crippen LogP contribution < -0.4 is 19.5 Å². The summed E-state index contributed by atoms with van der Waals surface area (Å²) in [6.45, 7) is 2.15. The van der Waals surface area contributed by atoms with Crippen LogP contribution in [0.2, 0.25) is 0 Å². The quantitative estimate of drug-likeness (QED) is 0.617. The second kappa shape index (κ2) is 8.97. The molecule has 0 amide bonds. The number of methoxy groups -OCH3 is 2. The number of benzene rings is 1. The summed E-state index contributed by atoms with van der Waals surface area (Å²) in [5, 5.41) is 6.97. The van der Waals surface area contributed by atoms with Gasteiger partial charge >= 0.3 is 0 Å². The maximum atomic E-state index is 12.4. The fraction of sp³-hybridized carbons (Fsp3) is 0.500. The fourth-order valence-corrected chi connectivity index (χ4v) is 3.26. The van der Waals surface area contributed by atoms with Crippen LogP contribution in [0.1, 0.15) is 18.6 Å². The van der Waals surface area contributed by atoms with Crippen LogP contribution in [-0.4, -0.2) is 52.4 Å². The Balaban J connectivity index is 1.96. The molecule has 2 N–H and O–H groups in total. The first kappa shape index (κ1) is 20.1. The zero-order valence-corrected chi connectivity index (χ0v) is 16.1. The van der Waals surface area contributed by atoms with E-state index < -0.39 is 10.0 Å². The molecular formula is C16H24N4O5S. The van der Waals surface area contributed by atoms with Gasteiger partial charge in [0.25, 0.3) is 0 Å². The first-order valence-electron chi connectivity index (χ1n) is 8.10. The van der Waals surface area contributed by atoms with Crippen molar-refractivity contribution in [3.05, 3.63) is 29.9 Å². The van der Waals surface area contributed by atoms with Gasteiger partial charge in [-0.1, -0.05) is 5.16 Å². The third-order valence-corrected chi connectivity index (χ3v) is 5.25. The minimum atomic E-state index is -3.69. The molecule has 26 heavy (non-hydrogen) atoms. The molecule has 2 aromatic rings. The van der Waals surface area contributed by atoms with Gasteiger partial charge in [0.05, 0.1) is 19.1 Å². The molecule has 0 saturated heterocycles. The van der Waals surface area contributed by atoms with E-state index in [0.717, 1.165) is 0 Å². The van der Waals surface area contributed by atoms with E-state index in [4.69, 9.17) is 14.0 Å². The van der Waals surface area contributed by atoms with Gasteiger partial charge in [-0.2, -0.15) is 4.98 Å². The SMILES string of the molecule is CNC(C)Cc1noc(CCNS(=O)(=O)c2ccc(OC)c(OC)c2)n1. The molecule has 10 heteroatoms. The van der Waals surface area contributed by atoms with E-state index >= 15 is 0 Å². The normalized spacial score (nSPS) is 12.8. The van der Waals surface area contributed by atoms with E-state index in [1.807, 2.05) is 14.0 Å². The summed E-state index contributed by atoms with van der Waals surface area (Å²) in [4.78, 5) is 4.34. The molecule has 0 aliphatic heterocycles. The third kappa shape index (κ3) is 5.16. The van der Waals surface area contributed by atoms with Gasteiger partial charge in [-0.3, -0.25) is 0 Å². The predicted molar refractivity (Wildman–Crippen MR) is 95.0 cm³/mol. The van der Waals surface area contributed by atoms with E-state index in [1.165, 1.54) is 26.4 Å². The summed E-state index contributed by atoms with van der Waals surface area (Å²) in [5.41, 5.74) is 0. The third-order valence-electron chi connectivity index (χ3n) is 3.79. The molecular weight excluding hydrogens is 360 g/mol. The van der Waals surface area contributed by atoms with Crippen molar-refractivity contribution in [1.82, 2.24) is 20.2 Å². The van der Waals surface area contributed by atoms with Gasteiger partial charge in [-0.15, -0.1) is 0 Å². The van der Waals surface area contributed by atoms with E-state index in [-0.39, 0.29) is 17.5 Å². The highest BCUT2D eigenvalue weighted by molar-refractivity contribution is 7.89. The number of rotatable bonds is 10. The minimum absolute atomic E-state index is 0.0872. The zero-order chi connectivity index (χ0) is 19.2. The monoisotopic (exact) mass is 384 g/mol. The van der Waals surface area contributed by atoms with Gasteiger partial charge in [0.1, 0.15) is 0 Å². The highest BCUT2D eigenvalue weighted by atomic mass is 32.2. The van der Waals surface area contributed by atoms with Crippen molar-refractivity contribution in [1.29, 1.82) is 0 Å². The van der Waals surface area contributed by atoms with E-state index in [2.05, 4.69) is 20.2 Å². The van der Waals surface area contributed by atoms with Crippen molar-refractivity contribution >= 4 is 10.0 Å². The Morgan fingerprint density at radius 1 is 1.23 bits per heavy atom. The number of sulfonamides is 1. The van der Waals surface area contributed by atoms with Crippen molar-refractivity contribution in [2.45, 2.75) is 30.7 Å². The second-order valence-electron chi connectivity index (χ2n) is 5.66. The zero-order valence-electron chi connectivity index (χ0n) is 15.3. The van der Waals surface area contributed by atoms with Crippen molar-refractivity contribution in [3.63, 3.8) is 0 Å². The van der Waals surface area contributed by atoms with Gasteiger partial charge in [0.2, 0.25) is 15.9 Å². The average molecular weight is 384 g/mol. The predicted octanol–water partition coefficient (Wildman–Crippen LogP) is 0.758. The summed E-state index contributed by atoms with van der Waals surface area (Å²) in [5.74, 6) is 1.78. The number of hydrogen-bond acceptors (Lipinski definition) is 8. The lowest BCUT2D eigenvalue weighted by Gasteiger charge is -2.10. The molecule has 0 saturated carbocycles. The van der Waals surface area contributed by atoms with E-state index in [9.17, 15) is 8.42 Å². The van der Waals surface area contributed by atoms with Gasteiger partial charge in [-0.25, -0.2) is 13.1 Å². The topological polar surface area (TPSA) is 116 Å². The fourth-order valence-electron chi connectivity index (χ4n) is 2.21. The summed E-state index contributed by atoms with van der Waals surface area (Å²) in [6.07, 6.45) is 0.935. The van der Waals surface area contributed by atoms with Crippen molar-refractivity contribution < 1.29 is 22.4 Å². The Labute approximate surface area is 153 Å². The number of aromatic nitrogens is 2. The van der Waals surface area contributed by atoms with E-state index in [1.54, 1.807) is 6.07 Å². The second-order valence-corrected chi connectivity index (χ2v) is 7.43. The standard InChI is InChI=1S/C16H24N4O5S/c1-11(17-2)9-15-19-16(25-20-15)7-8-18-26(21,22)12-5-6-13(23-3)14(10-12)24-4/h5-6,10-11,17-18H,7-9H2,1-4H3. The van der Waals surface area contributed by atoms with Gasteiger partial charge < -0.3 is 19.3 Å². The van der Waals surface area contributed by atoms with Crippen LogP contribution in [0.25, 0.3) is 0 Å². The molecule has 0 aliphatic carbocycles. The average Bonchev–Trinajstić information content (AvgIpc) is 3.07. The van der Waals surface area contributed by atoms with Gasteiger partial charge in [0.15, 0.2) is 17.3 Å². The molecule has 1 atom stereocenters. The number of nitrogens with one attached hydrogen (secondary N) is 2. The first-order valence-corrected chi connectivity index (χ1v) is 9.58. The van der Waals surface area contributed by atoms with Gasteiger partial charge in [-0.05, 0) is 26.1 Å². The number of likely N-dealkylation sites (N-methyl/N-ethyl adjacent to an activating group) is 1. The summed E-state index contributed by atoms with van der Waals surface area (Å²) in [6, 6.07) is 4.63. The van der Waals surface area contributed by atoms with Crippen LogP contribution >= 0.6 is 0 Å².